The molecule has 0 aromatic heterocycles. The molecule has 1 aliphatic heterocycles. The van der Waals surface area contributed by atoms with E-state index in [1.54, 1.807) is 4.90 Å². The SMILES string of the molecule is CC1CCC(C(C)C)C(N2C(=O)CCC2C(=O)[O-])C1. The summed E-state index contributed by atoms with van der Waals surface area (Å²) < 4.78 is 0. The fourth-order valence-electron chi connectivity index (χ4n) is 3.82. The van der Waals surface area contributed by atoms with Gasteiger partial charge >= 0.3 is 0 Å². The zero-order valence-electron chi connectivity index (χ0n) is 12.1. The highest BCUT2D eigenvalue weighted by molar-refractivity contribution is 5.87. The Kier molecular flexibility index (Phi) is 4.16. The van der Waals surface area contributed by atoms with Gasteiger partial charge in [0, 0.05) is 12.5 Å². The van der Waals surface area contributed by atoms with Crippen LogP contribution >= 0.6 is 0 Å². The van der Waals surface area contributed by atoms with Crippen molar-refractivity contribution in [2.75, 3.05) is 0 Å². The number of amides is 1. The van der Waals surface area contributed by atoms with Gasteiger partial charge in [0.15, 0.2) is 0 Å². The Morgan fingerprint density at radius 2 is 2.00 bits per heavy atom. The number of hydrogen-bond donors (Lipinski definition) is 0. The zero-order chi connectivity index (χ0) is 14.2. The minimum Gasteiger partial charge on any atom is -0.548 e. The lowest BCUT2D eigenvalue weighted by molar-refractivity contribution is -0.311. The molecule has 2 fully saturated rings. The lowest BCUT2D eigenvalue weighted by atomic mass is 9.73. The average molecular weight is 266 g/mol. The number of carboxylic acids is 1. The summed E-state index contributed by atoms with van der Waals surface area (Å²) >= 11 is 0. The number of rotatable bonds is 3. The van der Waals surface area contributed by atoms with Gasteiger partial charge in [0.1, 0.15) is 0 Å². The number of aliphatic carboxylic acids is 1. The van der Waals surface area contributed by atoms with Gasteiger partial charge in [-0.05, 0) is 37.0 Å². The van der Waals surface area contributed by atoms with Gasteiger partial charge in [0.05, 0.1) is 12.0 Å². The molecule has 2 aliphatic rings. The van der Waals surface area contributed by atoms with Crippen molar-refractivity contribution < 1.29 is 14.7 Å². The molecule has 19 heavy (non-hydrogen) atoms. The van der Waals surface area contributed by atoms with E-state index in [0.717, 1.165) is 12.8 Å². The van der Waals surface area contributed by atoms with Crippen LogP contribution in [0.1, 0.15) is 52.9 Å². The Morgan fingerprint density at radius 1 is 1.32 bits per heavy atom. The maximum Gasteiger partial charge on any atom is 0.223 e. The molecular weight excluding hydrogens is 242 g/mol. The molecule has 0 aromatic rings. The molecule has 0 spiro atoms. The van der Waals surface area contributed by atoms with Crippen LogP contribution in [-0.2, 0) is 9.59 Å². The first-order valence-electron chi connectivity index (χ1n) is 7.43. The molecule has 108 valence electrons. The third kappa shape index (κ3) is 2.77. The normalized spacial score (nSPS) is 36.0. The summed E-state index contributed by atoms with van der Waals surface area (Å²) in [5.41, 5.74) is 0. The highest BCUT2D eigenvalue weighted by Crippen LogP contribution is 2.39. The highest BCUT2D eigenvalue weighted by atomic mass is 16.4. The van der Waals surface area contributed by atoms with Gasteiger partial charge in [-0.25, -0.2) is 0 Å². The Hall–Kier alpha value is -1.06. The van der Waals surface area contributed by atoms with Crippen LogP contribution in [0.15, 0.2) is 0 Å². The Balaban J connectivity index is 2.24. The van der Waals surface area contributed by atoms with Gasteiger partial charge < -0.3 is 14.8 Å². The molecule has 0 radical (unpaired) electrons. The van der Waals surface area contributed by atoms with Gasteiger partial charge in [0.25, 0.3) is 0 Å². The summed E-state index contributed by atoms with van der Waals surface area (Å²) in [4.78, 5) is 25.0. The van der Waals surface area contributed by atoms with Crippen LogP contribution in [0.3, 0.4) is 0 Å². The van der Waals surface area contributed by atoms with Crippen molar-refractivity contribution in [2.45, 2.75) is 65.0 Å². The number of likely N-dealkylation sites (tertiary alicyclic amines) is 1. The van der Waals surface area contributed by atoms with Crippen LogP contribution in [-0.4, -0.2) is 28.9 Å². The first-order chi connectivity index (χ1) is 8.91. The van der Waals surface area contributed by atoms with Gasteiger partial charge in [-0.2, -0.15) is 0 Å². The molecule has 0 N–H and O–H groups in total. The molecule has 4 atom stereocenters. The van der Waals surface area contributed by atoms with E-state index in [1.165, 1.54) is 6.42 Å². The Labute approximate surface area is 115 Å². The zero-order valence-corrected chi connectivity index (χ0v) is 12.1. The predicted molar refractivity (Wildman–Crippen MR) is 70.0 cm³/mol. The number of carbonyl (C=O) groups excluding carboxylic acids is 2. The molecule has 0 aromatic carbocycles. The van der Waals surface area contributed by atoms with Crippen molar-refractivity contribution >= 4 is 11.9 Å². The second-order valence-corrected chi connectivity index (χ2v) is 6.57. The van der Waals surface area contributed by atoms with Gasteiger partial charge in [-0.3, -0.25) is 4.79 Å². The fourth-order valence-corrected chi connectivity index (χ4v) is 3.82. The summed E-state index contributed by atoms with van der Waals surface area (Å²) in [6.07, 6.45) is 3.97. The lowest BCUT2D eigenvalue weighted by Gasteiger charge is -2.44. The maximum absolute atomic E-state index is 12.1. The van der Waals surface area contributed by atoms with Crippen LogP contribution in [0, 0.1) is 17.8 Å². The first-order valence-corrected chi connectivity index (χ1v) is 7.43. The molecule has 4 unspecified atom stereocenters. The quantitative estimate of drug-likeness (QED) is 0.771. The molecular formula is C15H24NO3-. The van der Waals surface area contributed by atoms with Crippen molar-refractivity contribution in [3.8, 4) is 0 Å². The summed E-state index contributed by atoms with van der Waals surface area (Å²) in [5, 5.41) is 11.3. The predicted octanol–water partition coefficient (Wildman–Crippen LogP) is 1.19. The van der Waals surface area contributed by atoms with Crippen molar-refractivity contribution in [3.63, 3.8) is 0 Å². The molecule has 1 saturated carbocycles. The number of hydrogen-bond acceptors (Lipinski definition) is 3. The second-order valence-electron chi connectivity index (χ2n) is 6.57. The van der Waals surface area contributed by atoms with Crippen molar-refractivity contribution in [1.82, 2.24) is 4.90 Å². The van der Waals surface area contributed by atoms with Crippen LogP contribution in [0.2, 0.25) is 0 Å². The van der Waals surface area contributed by atoms with Gasteiger partial charge in [0.2, 0.25) is 5.91 Å². The van der Waals surface area contributed by atoms with Crippen LogP contribution in [0.5, 0.6) is 0 Å². The molecule has 2 rings (SSSR count). The van der Waals surface area contributed by atoms with E-state index in [-0.39, 0.29) is 11.9 Å². The summed E-state index contributed by atoms with van der Waals surface area (Å²) in [6, 6.07) is -0.620. The van der Waals surface area contributed by atoms with Crippen molar-refractivity contribution in [2.24, 2.45) is 17.8 Å². The summed E-state index contributed by atoms with van der Waals surface area (Å²) in [5.74, 6) is 0.370. The number of carboxylic acid groups (broad SMARTS) is 1. The number of nitrogens with zero attached hydrogens (tertiary/aromatic N) is 1. The van der Waals surface area contributed by atoms with E-state index in [1.807, 2.05) is 0 Å². The van der Waals surface area contributed by atoms with Gasteiger partial charge in [-0.15, -0.1) is 0 Å². The first kappa shape index (κ1) is 14.4. The molecule has 1 aliphatic carbocycles. The third-order valence-electron chi connectivity index (χ3n) is 4.87. The Bertz CT molecular complexity index is 366. The Morgan fingerprint density at radius 3 is 2.58 bits per heavy atom. The largest absolute Gasteiger partial charge is 0.548 e. The van der Waals surface area contributed by atoms with E-state index >= 15 is 0 Å². The number of carbonyl (C=O) groups is 2. The molecule has 4 nitrogen and oxygen atoms in total. The monoisotopic (exact) mass is 266 g/mol. The molecule has 0 bridgehead atoms. The fraction of sp³-hybridized carbons (Fsp3) is 0.867. The van der Waals surface area contributed by atoms with E-state index in [9.17, 15) is 14.7 Å². The molecule has 1 amide bonds. The molecule has 1 heterocycles. The van der Waals surface area contributed by atoms with Crippen LogP contribution < -0.4 is 5.11 Å². The third-order valence-corrected chi connectivity index (χ3v) is 4.87. The van der Waals surface area contributed by atoms with Crippen LogP contribution in [0.4, 0.5) is 0 Å². The van der Waals surface area contributed by atoms with Crippen molar-refractivity contribution in [3.05, 3.63) is 0 Å². The van der Waals surface area contributed by atoms with Gasteiger partial charge in [-0.1, -0.05) is 27.2 Å². The second kappa shape index (κ2) is 5.51. The highest BCUT2D eigenvalue weighted by Gasteiger charge is 2.42. The van der Waals surface area contributed by atoms with E-state index in [2.05, 4.69) is 20.8 Å². The van der Waals surface area contributed by atoms with Crippen LogP contribution in [0.25, 0.3) is 0 Å². The van der Waals surface area contributed by atoms with E-state index < -0.39 is 12.0 Å². The standard InChI is InChI=1S/C15H25NO3/c1-9(2)11-5-4-10(3)8-13(11)16-12(15(18)19)6-7-14(16)17/h9-13H,4-8H2,1-3H3,(H,18,19)/p-1. The average Bonchev–Trinajstić information content (AvgIpc) is 2.70. The van der Waals surface area contributed by atoms with E-state index in [4.69, 9.17) is 0 Å². The molecule has 1 saturated heterocycles. The minimum atomic E-state index is -1.09. The maximum atomic E-state index is 12.1. The summed E-state index contributed by atoms with van der Waals surface area (Å²) in [7, 11) is 0. The summed E-state index contributed by atoms with van der Waals surface area (Å²) in [6.45, 7) is 6.53. The minimum absolute atomic E-state index is 0.000972. The van der Waals surface area contributed by atoms with E-state index in [0.29, 0.717) is 30.6 Å². The lowest BCUT2D eigenvalue weighted by Crippen LogP contribution is -2.54. The topological polar surface area (TPSA) is 60.4 Å². The smallest absolute Gasteiger partial charge is 0.223 e. The van der Waals surface area contributed by atoms with Crippen molar-refractivity contribution in [1.29, 1.82) is 0 Å². The molecule has 4 heteroatoms.